The van der Waals surface area contributed by atoms with Crippen molar-refractivity contribution in [1.29, 1.82) is 0 Å². The van der Waals surface area contributed by atoms with E-state index in [9.17, 15) is 72.9 Å². The molecule has 0 unspecified atom stereocenters. The first-order valence-corrected chi connectivity index (χ1v) is 31.1. The maximum atomic E-state index is 14.3. The van der Waals surface area contributed by atoms with Gasteiger partial charge in [-0.05, 0) is 67.8 Å². The van der Waals surface area contributed by atoms with E-state index in [0.29, 0.717) is 12.0 Å². The molecule has 2 bridgehead atoms. The highest BCUT2D eigenvalue weighted by Gasteiger charge is 2.37. The lowest BCUT2D eigenvalue weighted by atomic mass is 9.96. The number of phenolic OH excluding ortho intramolecular Hbond substituents is 1. The van der Waals surface area contributed by atoms with E-state index in [1.54, 1.807) is 13.8 Å². The second-order valence-corrected chi connectivity index (χ2v) is 23.6. The number of nitrogens with one attached hydrogen (secondary N) is 8. The maximum absolute atomic E-state index is 14.3. The Balaban J connectivity index is 2.12. The first kappa shape index (κ1) is 73.4. The smallest absolute Gasteiger partial charge is 0.245 e. The summed E-state index contributed by atoms with van der Waals surface area (Å²) in [5.41, 5.74) is 31.7. The van der Waals surface area contributed by atoms with Gasteiger partial charge in [-0.2, -0.15) is 0 Å². The number of thioether (sulfide) groups is 1. The Labute approximate surface area is 513 Å². The summed E-state index contributed by atoms with van der Waals surface area (Å²) in [5.74, 6) is -13.1. The molecule has 37 heteroatoms. The third-order valence-corrected chi connectivity index (χ3v) is 16.6. The van der Waals surface area contributed by atoms with Crippen molar-refractivity contribution >= 4 is 110 Å². The zero-order valence-electron chi connectivity index (χ0n) is 48.3. The molecule has 34 nitrogen and oxygen atoms in total. The van der Waals surface area contributed by atoms with Gasteiger partial charge >= 0.3 is 0 Å². The number of fused-ring (bicyclic) bond motifs is 2. The lowest BCUT2D eigenvalue weighted by Crippen LogP contribution is -2.62. The number of nitrogens with two attached hydrogens (primary N) is 4. The lowest BCUT2D eigenvalue weighted by Gasteiger charge is -2.42. The molecule has 3 rings (SSSR count). The van der Waals surface area contributed by atoms with E-state index < -0.39 is 151 Å². The molecule has 2 saturated heterocycles. The largest absolute Gasteiger partial charge is 0.508 e. The van der Waals surface area contributed by atoms with Gasteiger partial charge in [0, 0.05) is 36.3 Å². The average Bonchev–Trinajstić information content (AvgIpc) is 2.92. The van der Waals surface area contributed by atoms with Gasteiger partial charge in [0.2, 0.25) is 70.9 Å². The van der Waals surface area contributed by atoms with E-state index >= 15 is 0 Å². The highest BCUT2D eigenvalue weighted by molar-refractivity contribution is 8.76. The summed E-state index contributed by atoms with van der Waals surface area (Å²) in [6.45, 7) is 0.723. The molecule has 2 aliphatic rings. The number of guanidine groups is 1. The second kappa shape index (κ2) is 38.4. The Morgan fingerprint density at radius 1 is 0.713 bits per heavy atom. The third-order valence-electron chi connectivity index (χ3n) is 13.3. The Bertz CT molecular complexity index is 2650. The highest BCUT2D eigenvalue weighted by atomic mass is 33.1. The average molecular weight is 1280 g/mol. The molecule has 0 aliphatic carbocycles. The van der Waals surface area contributed by atoms with Crippen LogP contribution in [0.5, 0.6) is 5.75 Å². The van der Waals surface area contributed by atoms with Gasteiger partial charge in [-0.25, -0.2) is 0 Å². The number of primary amides is 1. The molecule has 0 radical (unpaired) electrons. The van der Waals surface area contributed by atoms with Crippen molar-refractivity contribution in [1.82, 2.24) is 57.2 Å². The number of azide groups is 1. The number of benzene rings is 1. The number of hydrogen-bond acceptors (Lipinski definition) is 21. The van der Waals surface area contributed by atoms with Crippen molar-refractivity contribution in [2.75, 3.05) is 75.9 Å². The topological polar surface area (TPSA) is 537 Å². The predicted octanol–water partition coefficient (Wildman–Crippen LogP) is -5.66. The van der Waals surface area contributed by atoms with Crippen LogP contribution in [0.1, 0.15) is 64.9 Å². The van der Waals surface area contributed by atoms with Gasteiger partial charge in [-0.3, -0.25) is 62.5 Å². The minimum absolute atomic E-state index is 0.0280. The fourth-order valence-corrected chi connectivity index (χ4v) is 11.3. The van der Waals surface area contributed by atoms with E-state index in [0.717, 1.165) is 55.0 Å². The number of carbonyl (C=O) groups excluding carboxylic acids is 12. The first-order chi connectivity index (χ1) is 41.3. The summed E-state index contributed by atoms with van der Waals surface area (Å²) < 4.78 is 0. The molecule has 0 spiro atoms. The van der Waals surface area contributed by atoms with Crippen LogP contribution in [0.25, 0.3) is 10.4 Å². The van der Waals surface area contributed by atoms with Crippen molar-refractivity contribution < 1.29 is 72.9 Å². The van der Waals surface area contributed by atoms with Crippen LogP contribution in [0.3, 0.4) is 0 Å². The Kier molecular flexibility index (Phi) is 32.4. The Hall–Kier alpha value is -7.83. The zero-order valence-corrected chi connectivity index (χ0v) is 50.8. The number of aromatic hydroxyl groups is 1. The van der Waals surface area contributed by atoms with E-state index in [4.69, 9.17) is 28.5 Å². The van der Waals surface area contributed by atoms with Crippen LogP contribution in [-0.2, 0) is 64.0 Å². The molecule has 2 aliphatic heterocycles. The van der Waals surface area contributed by atoms with Crippen LogP contribution in [-0.4, -0.2) is 231 Å². The van der Waals surface area contributed by atoms with Crippen molar-refractivity contribution in [3.05, 3.63) is 40.3 Å². The molecular formula is C50H79N19O15S3. The molecule has 1 aromatic carbocycles. The molecule has 0 aromatic heterocycles. The number of aliphatic hydroxyl groups excluding tert-OH is 2. The molecule has 9 atom stereocenters. The molecule has 1 aromatic rings. The quantitative estimate of drug-likeness (QED) is 0.0124. The van der Waals surface area contributed by atoms with Crippen LogP contribution in [0.15, 0.2) is 34.4 Å². The third kappa shape index (κ3) is 25.6. The number of rotatable bonds is 18. The van der Waals surface area contributed by atoms with Crippen LogP contribution < -0.4 is 65.5 Å². The number of carbonyl (C=O) groups is 12. The number of amides is 12. The summed E-state index contributed by atoms with van der Waals surface area (Å²) >= 11 is 0.840. The fourth-order valence-electron chi connectivity index (χ4n) is 8.27. The van der Waals surface area contributed by atoms with Gasteiger partial charge in [-0.1, -0.05) is 59.1 Å². The van der Waals surface area contributed by atoms with Gasteiger partial charge in [0.15, 0.2) is 5.96 Å². The van der Waals surface area contributed by atoms with Crippen LogP contribution >= 0.6 is 33.3 Å². The van der Waals surface area contributed by atoms with Gasteiger partial charge in [0.1, 0.15) is 60.6 Å². The summed E-state index contributed by atoms with van der Waals surface area (Å²) in [4.78, 5) is 174. The van der Waals surface area contributed by atoms with E-state index in [2.05, 4.69) is 57.6 Å². The molecule has 19 N–H and O–H groups in total. The number of aliphatic hydroxyl groups is 2. The number of nitrogens with zero attached hydrogens (tertiary/aromatic N) is 7. The maximum Gasteiger partial charge on any atom is 0.245 e. The number of phenols is 1. The van der Waals surface area contributed by atoms with Gasteiger partial charge in [0.05, 0.1) is 44.7 Å². The summed E-state index contributed by atoms with van der Waals surface area (Å²) in [7, 11) is 1.87. The minimum atomic E-state index is -1.79. The minimum Gasteiger partial charge on any atom is -0.508 e. The van der Waals surface area contributed by atoms with Crippen molar-refractivity contribution in [2.24, 2.45) is 39.0 Å². The molecule has 0 saturated carbocycles. The van der Waals surface area contributed by atoms with E-state index in [1.165, 1.54) is 24.3 Å². The van der Waals surface area contributed by atoms with Crippen LogP contribution in [0, 0.1) is 5.92 Å². The highest BCUT2D eigenvalue weighted by Crippen LogP contribution is 2.24. The van der Waals surface area contributed by atoms with Gasteiger partial charge in [0.25, 0.3) is 0 Å². The number of hydrogen-bond donors (Lipinski definition) is 15. The Morgan fingerprint density at radius 3 is 1.80 bits per heavy atom. The normalized spacial score (nSPS) is 23.7. The van der Waals surface area contributed by atoms with Crippen molar-refractivity contribution in [3.8, 4) is 5.75 Å². The van der Waals surface area contributed by atoms with E-state index in [1.807, 2.05) is 0 Å². The summed E-state index contributed by atoms with van der Waals surface area (Å²) in [6.07, 6.45) is 0.337. The fraction of sp³-hybridized carbons (Fsp3) is 0.620. The number of unbranched alkanes of at least 4 members (excludes halogenated alkanes) is 1. The molecular weight excluding hydrogens is 1200 g/mol. The molecule has 482 valence electrons. The molecule has 12 amide bonds. The lowest BCUT2D eigenvalue weighted by molar-refractivity contribution is -0.156. The Morgan fingerprint density at radius 2 is 1.25 bits per heavy atom. The van der Waals surface area contributed by atoms with Crippen LogP contribution in [0.4, 0.5) is 0 Å². The summed E-state index contributed by atoms with van der Waals surface area (Å²) in [6, 6.07) is -6.79. The second-order valence-electron chi connectivity index (χ2n) is 20.0. The SMILES string of the molecule is CC[C@H](C)[C@@H]1NC(=O)[C@H](CO)NC(=O)[C@H](CCCCN)NC(=O)[C@H](CO)NC(=O)[C@H](CCCN=C(N)N)NC(=O)[C@@H](NC(C)=O)CSSCC(=O)N2CN(C(=O)CN=[N+]=[N-])CN(C2)C(=O)CSC[C@@H](C(N)=O)NC(=O)[C@H](Cc2ccc(O)cc2)NC1=O. The predicted molar refractivity (Wildman–Crippen MR) is 320 cm³/mol. The van der Waals surface area contributed by atoms with Crippen molar-refractivity contribution in [3.63, 3.8) is 0 Å². The van der Waals surface area contributed by atoms with Gasteiger partial charge < -0.3 is 95.5 Å². The monoisotopic (exact) mass is 1280 g/mol. The standard InChI is InChI=1S/C50H79N19O15S3/c1-4-27(2)41-49(84)61-33(16-29-10-12-30(73)13-11-29)45(80)64-36(42(52)77)20-85-22-39(75)68-24-67(38(74)17-57-66-55)25-69(26-68)40(76)23-87-86-21-37(58-28(3)72)48(83)60-32(9-7-15-56-50(53)54)44(79)62-34(18-70)46(81)59-31(8-5-6-14-51)43(78)63-35(19-71)47(82)65-41/h10-13,27,31-37,41,70-71,73H,4-9,14-26,51H2,1-3H3,(H2,52,77)(H,58,72)(H,59,81)(H,60,83)(H,61,84)(H,62,79)(H,63,78)(H,64,80)(H,65,82)(H4,53,54,56)/t27-,31-,32-,33-,34-,35-,36-,37-,41-/m0/s1. The van der Waals surface area contributed by atoms with Crippen molar-refractivity contribution in [2.45, 2.75) is 114 Å². The van der Waals surface area contributed by atoms with Gasteiger partial charge in [-0.15, -0.1) is 11.8 Å². The molecule has 2 heterocycles. The van der Waals surface area contributed by atoms with Crippen LogP contribution in [0.2, 0.25) is 0 Å². The molecule has 87 heavy (non-hydrogen) atoms. The number of aliphatic imine (C=N–C) groups is 1. The molecule has 2 fully saturated rings. The summed E-state index contributed by atoms with van der Waals surface area (Å²) in [5, 5.41) is 54.0. The first-order valence-electron chi connectivity index (χ1n) is 27.5. The van der Waals surface area contributed by atoms with E-state index in [-0.39, 0.29) is 101 Å². The zero-order chi connectivity index (χ0) is 64.8.